The molecule has 0 spiro atoms. The number of hydrogen-bond acceptors (Lipinski definition) is 5. The number of fused-ring (bicyclic) bond motifs is 1. The quantitative estimate of drug-likeness (QED) is 0.864. The number of nitrogens with one attached hydrogen (secondary N) is 1. The highest BCUT2D eigenvalue weighted by Gasteiger charge is 2.40. The number of amides is 1. The molecule has 0 saturated carbocycles. The Balaban J connectivity index is 1.93. The predicted molar refractivity (Wildman–Crippen MR) is 85.4 cm³/mol. The summed E-state index contributed by atoms with van der Waals surface area (Å²) in [6.45, 7) is 2.11. The van der Waals surface area contributed by atoms with Gasteiger partial charge in [0.2, 0.25) is 5.91 Å². The molecule has 0 aliphatic carbocycles. The van der Waals surface area contributed by atoms with Crippen molar-refractivity contribution in [2.45, 2.75) is 18.2 Å². The Labute approximate surface area is 132 Å². The molecule has 114 valence electrons. The van der Waals surface area contributed by atoms with Crippen molar-refractivity contribution in [1.29, 1.82) is 0 Å². The van der Waals surface area contributed by atoms with E-state index in [1.807, 2.05) is 36.4 Å². The maximum Gasteiger partial charge on any atom is 0.318 e. The van der Waals surface area contributed by atoms with Gasteiger partial charge in [-0.05, 0) is 12.5 Å². The van der Waals surface area contributed by atoms with Gasteiger partial charge in [0.1, 0.15) is 11.3 Å². The molecule has 0 bridgehead atoms. The van der Waals surface area contributed by atoms with Crippen LogP contribution in [0.1, 0.15) is 18.4 Å². The number of rotatable bonds is 4. The van der Waals surface area contributed by atoms with E-state index in [0.29, 0.717) is 6.61 Å². The van der Waals surface area contributed by atoms with Gasteiger partial charge in [-0.15, -0.1) is 11.8 Å². The van der Waals surface area contributed by atoms with Gasteiger partial charge in [0.25, 0.3) is 0 Å². The van der Waals surface area contributed by atoms with E-state index in [1.54, 1.807) is 6.92 Å². The number of thioether (sulfide) groups is 1. The third-order valence-corrected chi connectivity index (χ3v) is 4.88. The fraction of sp³-hybridized carbons (Fsp3) is 0.312. The fourth-order valence-corrected chi connectivity index (χ4v) is 3.90. The average molecular weight is 316 g/mol. The van der Waals surface area contributed by atoms with E-state index in [-0.39, 0.29) is 23.2 Å². The van der Waals surface area contributed by atoms with Crippen LogP contribution >= 0.6 is 11.8 Å². The van der Waals surface area contributed by atoms with Crippen LogP contribution in [0.2, 0.25) is 0 Å². The molecule has 2 heterocycles. The van der Waals surface area contributed by atoms with Crippen LogP contribution in [0.25, 0.3) is 0 Å². The van der Waals surface area contributed by atoms with Crippen LogP contribution in [-0.2, 0) is 14.3 Å². The van der Waals surface area contributed by atoms with Crippen molar-refractivity contribution >= 4 is 30.0 Å². The topological polar surface area (TPSA) is 67.8 Å². The molecule has 6 heteroatoms. The van der Waals surface area contributed by atoms with E-state index in [0.717, 1.165) is 10.5 Å². The second-order valence-electron chi connectivity index (χ2n) is 4.99. The Kier molecular flexibility index (Phi) is 4.29. The van der Waals surface area contributed by atoms with E-state index in [1.165, 1.54) is 18.1 Å². The molecule has 0 radical (unpaired) electrons. The van der Waals surface area contributed by atoms with Crippen molar-refractivity contribution in [3.05, 3.63) is 46.9 Å². The largest absolute Gasteiger partial charge is 0.465 e. The molecule has 0 saturated heterocycles. The SMILES string of the molecule is CCOC(=O)C(C1=CC2C(=O)NC=NC2S1)c1ccccc1. The summed E-state index contributed by atoms with van der Waals surface area (Å²) in [7, 11) is 0. The Morgan fingerprint density at radius 3 is 2.86 bits per heavy atom. The van der Waals surface area contributed by atoms with E-state index in [2.05, 4.69) is 10.3 Å². The molecule has 3 atom stereocenters. The zero-order valence-electron chi connectivity index (χ0n) is 12.1. The first-order valence-corrected chi connectivity index (χ1v) is 8.00. The Morgan fingerprint density at radius 2 is 2.18 bits per heavy atom. The summed E-state index contributed by atoms with van der Waals surface area (Å²) in [4.78, 5) is 29.4. The highest BCUT2D eigenvalue weighted by molar-refractivity contribution is 8.04. The lowest BCUT2D eigenvalue weighted by molar-refractivity contribution is -0.143. The molecule has 0 aromatic heterocycles. The molecular formula is C16H16N2O3S. The number of ether oxygens (including phenoxy) is 1. The van der Waals surface area contributed by atoms with Crippen molar-refractivity contribution in [2.24, 2.45) is 10.9 Å². The zero-order valence-corrected chi connectivity index (χ0v) is 12.9. The molecule has 22 heavy (non-hydrogen) atoms. The van der Waals surface area contributed by atoms with Crippen LogP contribution in [0.4, 0.5) is 0 Å². The van der Waals surface area contributed by atoms with Crippen LogP contribution in [-0.4, -0.2) is 30.2 Å². The van der Waals surface area contributed by atoms with Gasteiger partial charge < -0.3 is 10.1 Å². The van der Waals surface area contributed by atoms with Crippen LogP contribution < -0.4 is 5.32 Å². The van der Waals surface area contributed by atoms with Gasteiger partial charge in [0.15, 0.2) is 0 Å². The molecular weight excluding hydrogens is 300 g/mol. The first kappa shape index (κ1) is 14.8. The predicted octanol–water partition coefficient (Wildman–Crippen LogP) is 2.06. The average Bonchev–Trinajstić information content (AvgIpc) is 2.94. The maximum atomic E-state index is 12.4. The second kappa shape index (κ2) is 6.36. The number of aliphatic imine (C=N–C) groups is 1. The number of carbonyl (C=O) groups excluding carboxylic acids is 2. The molecule has 1 aromatic rings. The maximum absolute atomic E-state index is 12.4. The Morgan fingerprint density at radius 1 is 1.41 bits per heavy atom. The minimum absolute atomic E-state index is 0.0850. The van der Waals surface area contributed by atoms with Crippen molar-refractivity contribution in [1.82, 2.24) is 5.32 Å². The van der Waals surface area contributed by atoms with Crippen molar-refractivity contribution in [2.75, 3.05) is 6.61 Å². The van der Waals surface area contributed by atoms with Crippen LogP contribution in [0.3, 0.4) is 0 Å². The number of benzene rings is 1. The van der Waals surface area contributed by atoms with Gasteiger partial charge in [-0.2, -0.15) is 0 Å². The minimum atomic E-state index is -0.500. The van der Waals surface area contributed by atoms with E-state index >= 15 is 0 Å². The Bertz CT molecular complexity index is 642. The highest BCUT2D eigenvalue weighted by atomic mass is 32.2. The minimum Gasteiger partial charge on any atom is -0.465 e. The Hall–Kier alpha value is -2.08. The molecule has 3 rings (SSSR count). The van der Waals surface area contributed by atoms with Crippen molar-refractivity contribution < 1.29 is 14.3 Å². The number of carbonyl (C=O) groups is 2. The van der Waals surface area contributed by atoms with Gasteiger partial charge in [-0.25, -0.2) is 0 Å². The highest BCUT2D eigenvalue weighted by Crippen LogP contribution is 2.45. The first-order chi connectivity index (χ1) is 10.7. The molecule has 1 N–H and O–H groups in total. The first-order valence-electron chi connectivity index (χ1n) is 7.12. The van der Waals surface area contributed by atoms with Crippen LogP contribution in [0.5, 0.6) is 0 Å². The summed E-state index contributed by atoms with van der Waals surface area (Å²) in [5, 5.41) is 2.41. The molecule has 1 amide bonds. The summed E-state index contributed by atoms with van der Waals surface area (Å²) in [5.74, 6) is -1.21. The molecule has 2 aliphatic rings. The molecule has 2 aliphatic heterocycles. The zero-order chi connectivity index (χ0) is 15.5. The smallest absolute Gasteiger partial charge is 0.318 e. The van der Waals surface area contributed by atoms with Crippen LogP contribution in [0.15, 0.2) is 46.3 Å². The normalized spacial score (nSPS) is 24.2. The second-order valence-corrected chi connectivity index (χ2v) is 6.18. The molecule has 3 unspecified atom stereocenters. The summed E-state index contributed by atoms with van der Waals surface area (Å²) < 4.78 is 5.22. The number of nitrogens with zero attached hydrogens (tertiary/aromatic N) is 1. The fourth-order valence-electron chi connectivity index (χ4n) is 2.56. The lowest BCUT2D eigenvalue weighted by Gasteiger charge is -2.18. The monoisotopic (exact) mass is 316 g/mol. The van der Waals surface area contributed by atoms with E-state index < -0.39 is 5.92 Å². The van der Waals surface area contributed by atoms with Gasteiger partial charge in [-0.1, -0.05) is 36.4 Å². The van der Waals surface area contributed by atoms with Gasteiger partial charge >= 0.3 is 5.97 Å². The summed E-state index contributed by atoms with van der Waals surface area (Å²) >= 11 is 1.46. The lowest BCUT2D eigenvalue weighted by atomic mass is 9.96. The lowest BCUT2D eigenvalue weighted by Crippen LogP contribution is -2.36. The molecule has 5 nitrogen and oxygen atoms in total. The third-order valence-electron chi connectivity index (χ3n) is 3.58. The van der Waals surface area contributed by atoms with Gasteiger partial charge in [0, 0.05) is 4.91 Å². The summed E-state index contributed by atoms with van der Waals surface area (Å²) in [6, 6.07) is 9.47. The van der Waals surface area contributed by atoms with Gasteiger partial charge in [0.05, 0.1) is 18.9 Å². The molecule has 0 fully saturated rings. The third kappa shape index (κ3) is 2.78. The van der Waals surface area contributed by atoms with Crippen molar-refractivity contribution in [3.63, 3.8) is 0 Å². The van der Waals surface area contributed by atoms with Crippen molar-refractivity contribution in [3.8, 4) is 0 Å². The standard InChI is InChI=1S/C16H16N2O3S/c1-2-21-16(20)13(10-6-4-3-5-7-10)12-8-11-14(19)17-9-18-15(11)22-12/h3-9,11,13,15H,2H2,1H3,(H,17,18,19). The van der Waals surface area contributed by atoms with Crippen LogP contribution in [0, 0.1) is 5.92 Å². The van der Waals surface area contributed by atoms with E-state index in [4.69, 9.17) is 4.74 Å². The number of hydrogen-bond donors (Lipinski definition) is 1. The summed E-state index contributed by atoms with van der Waals surface area (Å²) in [6.07, 6.45) is 3.27. The summed E-state index contributed by atoms with van der Waals surface area (Å²) in [5.41, 5.74) is 0.864. The van der Waals surface area contributed by atoms with E-state index in [9.17, 15) is 9.59 Å². The molecule has 1 aromatic carbocycles. The van der Waals surface area contributed by atoms with Gasteiger partial charge in [-0.3, -0.25) is 14.6 Å². The number of esters is 1.